The topological polar surface area (TPSA) is 77.9 Å². The summed E-state index contributed by atoms with van der Waals surface area (Å²) in [4.78, 5) is 12.6. The number of carboxylic acid groups (broad SMARTS) is 1. The fourth-order valence-electron chi connectivity index (χ4n) is 2.07. The van der Waals surface area contributed by atoms with Gasteiger partial charge < -0.3 is 5.11 Å². The van der Waals surface area contributed by atoms with Crippen molar-refractivity contribution in [3.8, 4) is 0 Å². The number of rotatable bonds is 3. The second-order valence-electron chi connectivity index (χ2n) is 4.37. The number of likely N-dealkylation sites (N-methyl/N-ethyl adjacent to an activating group) is 1. The van der Waals surface area contributed by atoms with Gasteiger partial charge in [0.1, 0.15) is 0 Å². The lowest BCUT2D eigenvalue weighted by Crippen LogP contribution is -2.57. The molecule has 1 heterocycles. The molecule has 1 rings (SSSR count). The fraction of sp³-hybridized carbons (Fsp3) is 0.889. The number of carbonyl (C=O) groups is 1. The summed E-state index contributed by atoms with van der Waals surface area (Å²) in [5, 5.41) is 8.74. The van der Waals surface area contributed by atoms with Crippen molar-refractivity contribution < 1.29 is 18.3 Å². The van der Waals surface area contributed by atoms with Crippen LogP contribution in [-0.2, 0) is 14.8 Å². The van der Waals surface area contributed by atoms with Crippen LogP contribution in [-0.4, -0.2) is 67.2 Å². The highest BCUT2D eigenvalue weighted by molar-refractivity contribution is 7.88. The number of piperazine rings is 1. The number of hydrogen-bond donors (Lipinski definition) is 1. The van der Waals surface area contributed by atoms with Crippen molar-refractivity contribution in [2.75, 3.05) is 26.4 Å². The largest absolute Gasteiger partial charge is 0.481 e. The molecule has 1 saturated heterocycles. The maximum absolute atomic E-state index is 11.5. The summed E-state index contributed by atoms with van der Waals surface area (Å²) in [6.45, 7) is 2.64. The van der Waals surface area contributed by atoms with E-state index in [-0.39, 0.29) is 25.0 Å². The lowest BCUT2D eigenvalue weighted by atomic mass is 10.1. The summed E-state index contributed by atoms with van der Waals surface area (Å²) in [7, 11) is -1.43. The van der Waals surface area contributed by atoms with Crippen LogP contribution < -0.4 is 0 Å². The highest BCUT2D eigenvalue weighted by Crippen LogP contribution is 2.18. The summed E-state index contributed by atoms with van der Waals surface area (Å²) in [6, 6.07) is -0.353. The smallest absolute Gasteiger partial charge is 0.304 e. The number of carboxylic acids is 1. The molecule has 0 radical (unpaired) electrons. The molecule has 6 nitrogen and oxygen atoms in total. The average Bonchev–Trinajstić information content (AvgIpc) is 2.06. The SMILES string of the molecule is C[C@H]1CN(C)[C@@H](CC(=O)O)CN1S(C)(=O)=O. The summed E-state index contributed by atoms with van der Waals surface area (Å²) in [5.41, 5.74) is 0. The van der Waals surface area contributed by atoms with Crippen LogP contribution in [0.3, 0.4) is 0 Å². The standard InChI is InChI=1S/C9H18N2O4S/c1-7-5-10(2)8(4-9(12)13)6-11(7)16(3,14)15/h7-8H,4-6H2,1-3H3,(H,12,13)/t7-,8-/m0/s1. The Morgan fingerprint density at radius 3 is 2.44 bits per heavy atom. The summed E-state index contributed by atoms with van der Waals surface area (Å²) < 4.78 is 24.4. The Balaban J connectivity index is 2.80. The third-order valence-electron chi connectivity index (χ3n) is 2.89. The Kier molecular flexibility index (Phi) is 3.92. The van der Waals surface area contributed by atoms with Gasteiger partial charge in [0.25, 0.3) is 0 Å². The maximum atomic E-state index is 11.5. The van der Waals surface area contributed by atoms with Crippen LogP contribution in [0.15, 0.2) is 0 Å². The number of sulfonamides is 1. The Morgan fingerprint density at radius 1 is 1.44 bits per heavy atom. The molecule has 1 fully saturated rings. The molecule has 0 aromatic carbocycles. The maximum Gasteiger partial charge on any atom is 0.304 e. The molecular formula is C9H18N2O4S. The fourth-order valence-corrected chi connectivity index (χ4v) is 3.23. The quantitative estimate of drug-likeness (QED) is 0.725. The van der Waals surface area contributed by atoms with E-state index in [0.717, 1.165) is 6.26 Å². The molecule has 7 heteroatoms. The van der Waals surface area contributed by atoms with E-state index in [1.165, 1.54) is 4.31 Å². The Morgan fingerprint density at radius 2 is 2.00 bits per heavy atom. The number of nitrogens with zero attached hydrogens (tertiary/aromatic N) is 2. The van der Waals surface area contributed by atoms with Gasteiger partial charge in [-0.1, -0.05) is 0 Å². The minimum atomic E-state index is -3.25. The molecule has 2 atom stereocenters. The third kappa shape index (κ3) is 3.16. The molecule has 1 N–H and O–H groups in total. The molecule has 0 aromatic heterocycles. The van der Waals surface area contributed by atoms with E-state index in [1.807, 2.05) is 18.9 Å². The summed E-state index contributed by atoms with van der Waals surface area (Å²) in [6.07, 6.45) is 1.13. The van der Waals surface area contributed by atoms with E-state index in [1.54, 1.807) is 0 Å². The zero-order valence-electron chi connectivity index (χ0n) is 9.75. The van der Waals surface area contributed by atoms with Crippen LogP contribution in [0.1, 0.15) is 13.3 Å². The van der Waals surface area contributed by atoms with Gasteiger partial charge in [-0.3, -0.25) is 9.69 Å². The van der Waals surface area contributed by atoms with E-state index in [0.29, 0.717) is 6.54 Å². The first kappa shape index (κ1) is 13.4. The molecular weight excluding hydrogens is 232 g/mol. The number of aliphatic carboxylic acids is 1. The van der Waals surface area contributed by atoms with Crippen LogP contribution >= 0.6 is 0 Å². The third-order valence-corrected chi connectivity index (χ3v) is 4.26. The van der Waals surface area contributed by atoms with Crippen molar-refractivity contribution in [3.63, 3.8) is 0 Å². The predicted octanol–water partition coefficient (Wildman–Crippen LogP) is -0.575. The van der Waals surface area contributed by atoms with Crippen LogP contribution in [0.2, 0.25) is 0 Å². The second-order valence-corrected chi connectivity index (χ2v) is 6.31. The number of hydrogen-bond acceptors (Lipinski definition) is 4. The molecule has 0 aromatic rings. The van der Waals surface area contributed by atoms with Gasteiger partial charge in [-0.05, 0) is 14.0 Å². The van der Waals surface area contributed by atoms with Gasteiger partial charge in [0.05, 0.1) is 12.7 Å². The van der Waals surface area contributed by atoms with Crippen molar-refractivity contribution in [3.05, 3.63) is 0 Å². The highest BCUT2D eigenvalue weighted by atomic mass is 32.2. The van der Waals surface area contributed by atoms with E-state index in [4.69, 9.17) is 5.11 Å². The molecule has 0 aliphatic carbocycles. The lowest BCUT2D eigenvalue weighted by molar-refractivity contribution is -0.138. The Labute approximate surface area is 95.9 Å². The van der Waals surface area contributed by atoms with Crippen molar-refractivity contribution >= 4 is 16.0 Å². The minimum absolute atomic E-state index is 0.0325. The average molecular weight is 250 g/mol. The highest BCUT2D eigenvalue weighted by Gasteiger charge is 2.35. The molecule has 0 saturated carbocycles. The zero-order chi connectivity index (χ0) is 12.5. The van der Waals surface area contributed by atoms with Gasteiger partial charge in [0.2, 0.25) is 10.0 Å². The van der Waals surface area contributed by atoms with Gasteiger partial charge in [-0.25, -0.2) is 8.42 Å². The summed E-state index contributed by atoms with van der Waals surface area (Å²) in [5.74, 6) is -0.903. The molecule has 94 valence electrons. The molecule has 16 heavy (non-hydrogen) atoms. The van der Waals surface area contributed by atoms with Gasteiger partial charge in [0.15, 0.2) is 0 Å². The molecule has 0 spiro atoms. The first-order valence-electron chi connectivity index (χ1n) is 5.10. The van der Waals surface area contributed by atoms with Crippen molar-refractivity contribution in [2.45, 2.75) is 25.4 Å². The van der Waals surface area contributed by atoms with Gasteiger partial charge in [0, 0.05) is 25.2 Å². The van der Waals surface area contributed by atoms with E-state index in [9.17, 15) is 13.2 Å². The lowest BCUT2D eigenvalue weighted by Gasteiger charge is -2.41. The zero-order valence-corrected chi connectivity index (χ0v) is 10.6. The van der Waals surface area contributed by atoms with Crippen molar-refractivity contribution in [2.24, 2.45) is 0 Å². The van der Waals surface area contributed by atoms with Gasteiger partial charge >= 0.3 is 5.97 Å². The van der Waals surface area contributed by atoms with Crippen LogP contribution in [0.25, 0.3) is 0 Å². The summed E-state index contributed by atoms with van der Waals surface area (Å²) >= 11 is 0. The normalized spacial score (nSPS) is 29.2. The van der Waals surface area contributed by atoms with Crippen LogP contribution in [0, 0.1) is 0 Å². The second kappa shape index (κ2) is 4.68. The van der Waals surface area contributed by atoms with Crippen molar-refractivity contribution in [1.82, 2.24) is 9.21 Å². The minimum Gasteiger partial charge on any atom is -0.481 e. The van der Waals surface area contributed by atoms with E-state index in [2.05, 4.69) is 0 Å². The van der Waals surface area contributed by atoms with Gasteiger partial charge in [-0.15, -0.1) is 0 Å². The molecule has 0 amide bonds. The Hall–Kier alpha value is -0.660. The molecule has 1 aliphatic rings. The Bertz CT molecular complexity index is 368. The monoisotopic (exact) mass is 250 g/mol. The van der Waals surface area contributed by atoms with E-state index >= 15 is 0 Å². The first-order valence-corrected chi connectivity index (χ1v) is 6.95. The molecule has 0 unspecified atom stereocenters. The predicted molar refractivity (Wildman–Crippen MR) is 59.7 cm³/mol. The van der Waals surface area contributed by atoms with Crippen molar-refractivity contribution in [1.29, 1.82) is 0 Å². The molecule has 1 aliphatic heterocycles. The first-order chi connectivity index (χ1) is 7.21. The van der Waals surface area contributed by atoms with Crippen LogP contribution in [0.5, 0.6) is 0 Å². The van der Waals surface area contributed by atoms with Gasteiger partial charge in [-0.2, -0.15) is 4.31 Å². The van der Waals surface area contributed by atoms with E-state index < -0.39 is 16.0 Å². The molecule has 0 bridgehead atoms. The van der Waals surface area contributed by atoms with Crippen LogP contribution in [0.4, 0.5) is 0 Å².